The van der Waals surface area contributed by atoms with E-state index >= 15 is 0 Å². The molecule has 0 aliphatic heterocycles. The number of nitrogens with zero attached hydrogens (tertiary/aromatic N) is 6. The molecule has 2 heterocycles. The van der Waals surface area contributed by atoms with Crippen LogP contribution in [0.2, 0.25) is 0 Å². The molecule has 0 aliphatic carbocycles. The van der Waals surface area contributed by atoms with Crippen molar-refractivity contribution in [2.45, 2.75) is 43.8 Å². The normalized spacial score (nSPS) is 12.0. The Labute approximate surface area is 191 Å². The van der Waals surface area contributed by atoms with Gasteiger partial charge in [0.15, 0.2) is 0 Å². The molecule has 0 saturated heterocycles. The summed E-state index contributed by atoms with van der Waals surface area (Å²) >= 11 is 1.13. The van der Waals surface area contributed by atoms with Crippen molar-refractivity contribution in [3.63, 3.8) is 0 Å². The molecule has 3 N–H and O–H groups in total. The first kappa shape index (κ1) is 23.8. The van der Waals surface area contributed by atoms with E-state index in [1.165, 1.54) is 28.2 Å². The quantitative estimate of drug-likeness (QED) is 0.367. The van der Waals surface area contributed by atoms with Gasteiger partial charge in [0.25, 0.3) is 5.95 Å². The van der Waals surface area contributed by atoms with Gasteiger partial charge in [0, 0.05) is 24.5 Å². The van der Waals surface area contributed by atoms with Crippen molar-refractivity contribution in [2.24, 2.45) is 0 Å². The topological polar surface area (TPSA) is 141 Å². The van der Waals surface area contributed by atoms with Gasteiger partial charge in [0.1, 0.15) is 0 Å². The van der Waals surface area contributed by atoms with Crippen LogP contribution >= 0.6 is 11.8 Å². The Balaban J connectivity index is 1.62. The fourth-order valence-electron chi connectivity index (χ4n) is 2.82. The second-order valence-corrected chi connectivity index (χ2v) is 10.4. The lowest BCUT2D eigenvalue weighted by Gasteiger charge is -2.21. The molecule has 1 aromatic carbocycles. The van der Waals surface area contributed by atoms with Crippen LogP contribution in [0.4, 0.5) is 5.69 Å². The van der Waals surface area contributed by atoms with Gasteiger partial charge in [-0.15, -0.1) is 10.2 Å². The average Bonchev–Trinajstić information content (AvgIpc) is 3.26. The highest BCUT2D eigenvalue weighted by molar-refractivity contribution is 7.99. The molecule has 3 rings (SSSR count). The molecule has 2 aromatic heterocycles. The maximum Gasteiger partial charge on any atom is 0.271 e. The van der Waals surface area contributed by atoms with Crippen LogP contribution in [0.25, 0.3) is 5.95 Å². The molecule has 0 bridgehead atoms. The van der Waals surface area contributed by atoms with Crippen LogP contribution in [-0.4, -0.2) is 62.1 Å². The largest absolute Gasteiger partial charge is 0.334 e. The minimum Gasteiger partial charge on any atom is -0.334 e. The van der Waals surface area contributed by atoms with Crippen LogP contribution < -0.4 is 11.2 Å². The molecule has 0 radical (unpaired) electrons. The van der Waals surface area contributed by atoms with Gasteiger partial charge in [0.05, 0.1) is 16.3 Å². The second kappa shape index (κ2) is 9.30. The summed E-state index contributed by atoms with van der Waals surface area (Å²) in [5, 5.41) is 15.5. The lowest BCUT2D eigenvalue weighted by atomic mass is 10.3. The molecular formula is C19H26N8O3S2. The number of amides is 1. The summed E-state index contributed by atoms with van der Waals surface area (Å²) in [4.78, 5) is 12.5. The molecule has 11 nitrogen and oxygen atoms in total. The summed E-state index contributed by atoms with van der Waals surface area (Å²) < 4.78 is 29.2. The third kappa shape index (κ3) is 4.95. The Kier molecular flexibility index (Phi) is 6.91. The lowest BCUT2D eigenvalue weighted by Crippen LogP contribution is -2.33. The monoisotopic (exact) mass is 478 g/mol. The Hall–Kier alpha value is -2.90. The second-order valence-electron chi connectivity index (χ2n) is 7.47. The Morgan fingerprint density at radius 2 is 1.88 bits per heavy atom. The number of hydrogen-bond acceptors (Lipinski definition) is 8. The van der Waals surface area contributed by atoms with Gasteiger partial charge in [-0.05, 0) is 58.0 Å². The fourth-order valence-corrected chi connectivity index (χ4v) is 4.84. The van der Waals surface area contributed by atoms with E-state index in [9.17, 15) is 13.2 Å². The van der Waals surface area contributed by atoms with Crippen LogP contribution in [-0.2, 0) is 14.8 Å². The van der Waals surface area contributed by atoms with Crippen molar-refractivity contribution in [3.8, 4) is 5.95 Å². The van der Waals surface area contributed by atoms with Crippen LogP contribution in [0.5, 0.6) is 0 Å². The highest BCUT2D eigenvalue weighted by atomic mass is 32.2. The number of aromatic nitrogens is 5. The Morgan fingerprint density at radius 3 is 2.44 bits per heavy atom. The van der Waals surface area contributed by atoms with Crippen LogP contribution in [0.1, 0.15) is 25.2 Å². The molecule has 1 amide bonds. The molecule has 172 valence electrons. The summed E-state index contributed by atoms with van der Waals surface area (Å²) in [5.74, 6) is 6.17. The molecule has 0 saturated carbocycles. The van der Waals surface area contributed by atoms with Gasteiger partial charge in [0.2, 0.25) is 21.1 Å². The van der Waals surface area contributed by atoms with Gasteiger partial charge in [-0.2, -0.15) is 9.40 Å². The van der Waals surface area contributed by atoms with Gasteiger partial charge < -0.3 is 11.2 Å². The van der Waals surface area contributed by atoms with Gasteiger partial charge in [-0.1, -0.05) is 11.8 Å². The molecule has 32 heavy (non-hydrogen) atoms. The number of carbonyl (C=O) groups is 1. The van der Waals surface area contributed by atoms with Gasteiger partial charge >= 0.3 is 0 Å². The van der Waals surface area contributed by atoms with E-state index in [-0.39, 0.29) is 22.6 Å². The number of nitrogen functional groups attached to an aromatic ring is 1. The lowest BCUT2D eigenvalue weighted by molar-refractivity contribution is -0.113. The molecule has 0 atom stereocenters. The van der Waals surface area contributed by atoms with E-state index < -0.39 is 10.0 Å². The van der Waals surface area contributed by atoms with Gasteiger partial charge in [-0.3, -0.25) is 4.79 Å². The number of rotatable bonds is 8. The summed E-state index contributed by atoms with van der Waals surface area (Å²) in [6.45, 7) is 7.34. The summed E-state index contributed by atoms with van der Waals surface area (Å²) in [5.41, 5.74) is 2.17. The predicted molar refractivity (Wildman–Crippen MR) is 123 cm³/mol. The SMILES string of the molecule is Cc1cc(C)n(-c2nnc(SCC(=O)Nc3ccc(S(=O)(=O)N(C)C(C)C)cc3)n2N)n1. The highest BCUT2D eigenvalue weighted by Gasteiger charge is 2.23. The maximum absolute atomic E-state index is 12.5. The average molecular weight is 479 g/mol. The van der Waals surface area contributed by atoms with Crippen molar-refractivity contribution < 1.29 is 13.2 Å². The van der Waals surface area contributed by atoms with E-state index in [2.05, 4.69) is 20.6 Å². The Bertz CT molecular complexity index is 1220. The smallest absolute Gasteiger partial charge is 0.271 e. The predicted octanol–water partition coefficient (Wildman–Crippen LogP) is 1.55. The van der Waals surface area contributed by atoms with E-state index in [0.29, 0.717) is 16.8 Å². The van der Waals surface area contributed by atoms with E-state index in [4.69, 9.17) is 5.84 Å². The molecule has 0 aliphatic rings. The van der Waals surface area contributed by atoms with Crippen molar-refractivity contribution in [1.29, 1.82) is 0 Å². The number of carbonyl (C=O) groups excluding carboxylic acids is 1. The highest BCUT2D eigenvalue weighted by Crippen LogP contribution is 2.21. The maximum atomic E-state index is 12.5. The number of anilines is 1. The first-order valence-corrected chi connectivity index (χ1v) is 12.2. The molecular weight excluding hydrogens is 452 g/mol. The van der Waals surface area contributed by atoms with E-state index in [1.54, 1.807) is 30.7 Å². The summed E-state index contributed by atoms with van der Waals surface area (Å²) in [6.07, 6.45) is 0. The molecule has 0 spiro atoms. The number of benzene rings is 1. The number of thioether (sulfide) groups is 1. The zero-order chi connectivity index (χ0) is 23.6. The van der Waals surface area contributed by atoms with Crippen molar-refractivity contribution in [2.75, 3.05) is 24.0 Å². The van der Waals surface area contributed by atoms with Crippen LogP contribution in [0.15, 0.2) is 40.4 Å². The molecule has 0 fully saturated rings. The first-order chi connectivity index (χ1) is 15.0. The third-order valence-corrected chi connectivity index (χ3v) is 7.71. The van der Waals surface area contributed by atoms with E-state index in [1.807, 2.05) is 19.9 Å². The van der Waals surface area contributed by atoms with Crippen LogP contribution in [0, 0.1) is 13.8 Å². The molecule has 0 unspecified atom stereocenters. The third-order valence-electron chi connectivity index (χ3n) is 4.72. The minimum atomic E-state index is -3.58. The summed E-state index contributed by atoms with van der Waals surface area (Å²) in [6, 6.07) is 7.77. The zero-order valence-corrected chi connectivity index (χ0v) is 20.1. The first-order valence-electron chi connectivity index (χ1n) is 9.75. The number of sulfonamides is 1. The molecule has 13 heteroatoms. The van der Waals surface area contributed by atoms with Crippen molar-refractivity contribution in [3.05, 3.63) is 41.7 Å². The number of aryl methyl sites for hydroxylation is 2. The number of nitrogens with one attached hydrogen (secondary N) is 1. The van der Waals surface area contributed by atoms with E-state index in [0.717, 1.165) is 23.1 Å². The van der Waals surface area contributed by atoms with Gasteiger partial charge in [-0.25, -0.2) is 17.8 Å². The zero-order valence-electron chi connectivity index (χ0n) is 18.5. The van der Waals surface area contributed by atoms with Crippen LogP contribution in [0.3, 0.4) is 0 Å². The standard InChI is InChI=1S/C19H26N8O3S2/c1-12(2)25(5)32(29,30)16-8-6-15(7-9-16)21-17(28)11-31-19-23-22-18(26(19)20)27-14(4)10-13(3)24-27/h6-10,12H,11,20H2,1-5H3,(H,21,28). The minimum absolute atomic E-state index is 0.0442. The fraction of sp³-hybridized carbons (Fsp3) is 0.368. The molecule has 3 aromatic rings. The summed E-state index contributed by atoms with van der Waals surface area (Å²) in [7, 11) is -2.05. The van der Waals surface area contributed by atoms with Crippen molar-refractivity contribution in [1.82, 2.24) is 29.0 Å². The Morgan fingerprint density at radius 1 is 1.22 bits per heavy atom. The number of nitrogens with two attached hydrogens (primary N) is 1. The van der Waals surface area contributed by atoms with Crippen molar-refractivity contribution >= 4 is 33.4 Å². The number of hydrogen-bond donors (Lipinski definition) is 2.